The number of halogens is 2. The van der Waals surface area contributed by atoms with Crippen molar-refractivity contribution in [1.29, 1.82) is 0 Å². The summed E-state index contributed by atoms with van der Waals surface area (Å²) in [6.45, 7) is 2.04. The smallest absolute Gasteiger partial charge is 0.229 e. The van der Waals surface area contributed by atoms with Gasteiger partial charge >= 0.3 is 0 Å². The summed E-state index contributed by atoms with van der Waals surface area (Å²) in [5.74, 6) is 1.24. The summed E-state index contributed by atoms with van der Waals surface area (Å²) < 4.78 is 1.08. The first kappa shape index (κ1) is 15.8. The van der Waals surface area contributed by atoms with Crippen LogP contribution in [0.15, 0.2) is 59.2 Å². The Bertz CT molecular complexity index is 821. The van der Waals surface area contributed by atoms with E-state index in [0.717, 1.165) is 27.2 Å². The molecule has 1 heterocycles. The first-order chi connectivity index (χ1) is 11.1. The average Bonchev–Trinajstić information content (AvgIpc) is 2.54. The van der Waals surface area contributed by atoms with Crippen LogP contribution in [0.1, 0.15) is 5.56 Å². The molecule has 6 heteroatoms. The third-order valence-electron chi connectivity index (χ3n) is 3.19. The van der Waals surface area contributed by atoms with Crippen molar-refractivity contribution in [3.05, 3.63) is 69.8 Å². The van der Waals surface area contributed by atoms with Gasteiger partial charge in [0, 0.05) is 27.1 Å². The highest BCUT2D eigenvalue weighted by Gasteiger charge is 2.02. The van der Waals surface area contributed by atoms with E-state index in [1.165, 1.54) is 0 Å². The number of hydrogen-bond donors (Lipinski definition) is 2. The summed E-state index contributed by atoms with van der Waals surface area (Å²) in [6.07, 6.45) is 1.71. The predicted molar refractivity (Wildman–Crippen MR) is 98.9 cm³/mol. The highest BCUT2D eigenvalue weighted by molar-refractivity contribution is 9.10. The summed E-state index contributed by atoms with van der Waals surface area (Å²) >= 11 is 9.38. The molecule has 0 radical (unpaired) electrons. The van der Waals surface area contributed by atoms with Crippen LogP contribution in [0, 0.1) is 6.92 Å². The summed E-state index contributed by atoms with van der Waals surface area (Å²) in [5, 5.41) is 7.12. The van der Waals surface area contributed by atoms with E-state index in [9.17, 15) is 0 Å². The molecule has 0 unspecified atom stereocenters. The number of anilines is 4. The van der Waals surface area contributed by atoms with Gasteiger partial charge in [0.25, 0.3) is 0 Å². The van der Waals surface area contributed by atoms with Crippen molar-refractivity contribution in [2.24, 2.45) is 0 Å². The summed E-state index contributed by atoms with van der Waals surface area (Å²) in [4.78, 5) is 8.69. The lowest BCUT2D eigenvalue weighted by molar-refractivity contribution is 1.16. The highest BCUT2D eigenvalue weighted by atomic mass is 79.9. The molecule has 0 aliphatic carbocycles. The van der Waals surface area contributed by atoms with Gasteiger partial charge in [-0.1, -0.05) is 27.5 Å². The van der Waals surface area contributed by atoms with Crippen LogP contribution in [0.4, 0.5) is 23.1 Å². The molecule has 2 aromatic carbocycles. The van der Waals surface area contributed by atoms with Gasteiger partial charge in [-0.2, -0.15) is 4.98 Å². The Morgan fingerprint density at radius 2 is 1.70 bits per heavy atom. The van der Waals surface area contributed by atoms with Gasteiger partial charge in [-0.05, 0) is 61.0 Å². The molecule has 0 saturated heterocycles. The van der Waals surface area contributed by atoms with Crippen LogP contribution in [0.25, 0.3) is 0 Å². The van der Waals surface area contributed by atoms with Gasteiger partial charge in [0.2, 0.25) is 5.95 Å². The molecule has 3 rings (SSSR count). The van der Waals surface area contributed by atoms with Gasteiger partial charge in [-0.15, -0.1) is 0 Å². The van der Waals surface area contributed by atoms with Crippen LogP contribution >= 0.6 is 27.5 Å². The summed E-state index contributed by atoms with van der Waals surface area (Å²) in [6, 6.07) is 15.3. The Morgan fingerprint density at radius 1 is 0.957 bits per heavy atom. The van der Waals surface area contributed by atoms with Gasteiger partial charge in [0.05, 0.1) is 0 Å². The number of aromatic nitrogens is 2. The fourth-order valence-corrected chi connectivity index (χ4v) is 2.39. The van der Waals surface area contributed by atoms with Gasteiger partial charge in [-0.3, -0.25) is 0 Å². The standard InChI is InChI=1S/C17H14BrClN4/c1-11-10-14(6-7-15(11)18)21-16-8-9-20-17(23-16)22-13-4-2-12(19)3-5-13/h2-10H,1H3,(H2,20,21,22,23). The van der Waals surface area contributed by atoms with Gasteiger partial charge in [0.15, 0.2) is 0 Å². The van der Waals surface area contributed by atoms with Crippen molar-refractivity contribution in [2.45, 2.75) is 6.92 Å². The SMILES string of the molecule is Cc1cc(Nc2ccnc(Nc3ccc(Cl)cc3)n2)ccc1Br. The molecule has 0 atom stereocenters. The zero-order valence-corrected chi connectivity index (χ0v) is 14.7. The molecule has 1 aromatic heterocycles. The van der Waals surface area contributed by atoms with Crippen LogP contribution in [0.5, 0.6) is 0 Å². The quantitative estimate of drug-likeness (QED) is 0.602. The van der Waals surface area contributed by atoms with Crippen LogP contribution in [0.2, 0.25) is 5.02 Å². The molecule has 0 amide bonds. The lowest BCUT2D eigenvalue weighted by atomic mass is 10.2. The Morgan fingerprint density at radius 3 is 2.43 bits per heavy atom. The van der Waals surface area contributed by atoms with E-state index >= 15 is 0 Å². The number of nitrogens with one attached hydrogen (secondary N) is 2. The number of aryl methyl sites for hydroxylation is 1. The maximum Gasteiger partial charge on any atom is 0.229 e. The van der Waals surface area contributed by atoms with E-state index in [2.05, 4.69) is 42.6 Å². The molecule has 0 aliphatic rings. The molecule has 0 aliphatic heterocycles. The Labute approximate surface area is 148 Å². The van der Waals surface area contributed by atoms with E-state index in [1.807, 2.05) is 49.4 Å². The van der Waals surface area contributed by atoms with E-state index in [-0.39, 0.29) is 0 Å². The molecule has 2 N–H and O–H groups in total. The molecule has 0 saturated carbocycles. The molecular weight excluding hydrogens is 376 g/mol. The van der Waals surface area contributed by atoms with Gasteiger partial charge < -0.3 is 10.6 Å². The van der Waals surface area contributed by atoms with Crippen LogP contribution in [-0.2, 0) is 0 Å². The third-order valence-corrected chi connectivity index (χ3v) is 4.33. The maximum atomic E-state index is 5.88. The second-order valence-electron chi connectivity index (χ2n) is 4.99. The molecule has 23 heavy (non-hydrogen) atoms. The van der Waals surface area contributed by atoms with Crippen LogP contribution in [-0.4, -0.2) is 9.97 Å². The number of rotatable bonds is 4. The zero-order chi connectivity index (χ0) is 16.2. The topological polar surface area (TPSA) is 49.8 Å². The fourth-order valence-electron chi connectivity index (χ4n) is 2.02. The molecule has 0 bridgehead atoms. The predicted octanol–water partition coefficient (Wildman–Crippen LogP) is 5.69. The van der Waals surface area contributed by atoms with Crippen molar-refractivity contribution in [3.63, 3.8) is 0 Å². The van der Waals surface area contributed by atoms with Crippen molar-refractivity contribution in [3.8, 4) is 0 Å². The van der Waals surface area contributed by atoms with Crippen molar-refractivity contribution >= 4 is 50.7 Å². The van der Waals surface area contributed by atoms with Gasteiger partial charge in [0.1, 0.15) is 5.82 Å². The lowest BCUT2D eigenvalue weighted by Crippen LogP contribution is -2.00. The molecule has 0 fully saturated rings. The van der Waals surface area contributed by atoms with Crippen LogP contribution in [0.3, 0.4) is 0 Å². The minimum Gasteiger partial charge on any atom is -0.340 e. The Balaban J connectivity index is 1.76. The number of benzene rings is 2. The van der Waals surface area contributed by atoms with E-state index < -0.39 is 0 Å². The van der Waals surface area contributed by atoms with Crippen LogP contribution < -0.4 is 10.6 Å². The maximum absolute atomic E-state index is 5.88. The zero-order valence-electron chi connectivity index (χ0n) is 12.3. The minimum absolute atomic E-state index is 0.520. The van der Waals surface area contributed by atoms with Crippen molar-refractivity contribution in [1.82, 2.24) is 9.97 Å². The van der Waals surface area contributed by atoms with Crippen molar-refractivity contribution in [2.75, 3.05) is 10.6 Å². The van der Waals surface area contributed by atoms with Crippen molar-refractivity contribution < 1.29 is 0 Å². The summed E-state index contributed by atoms with van der Waals surface area (Å²) in [7, 11) is 0. The third kappa shape index (κ3) is 4.21. The number of hydrogen-bond acceptors (Lipinski definition) is 4. The lowest BCUT2D eigenvalue weighted by Gasteiger charge is -2.09. The van der Waals surface area contributed by atoms with E-state index in [0.29, 0.717) is 11.0 Å². The number of nitrogens with zero attached hydrogens (tertiary/aromatic N) is 2. The normalized spacial score (nSPS) is 10.4. The fraction of sp³-hybridized carbons (Fsp3) is 0.0588. The Hall–Kier alpha value is -2.11. The minimum atomic E-state index is 0.520. The molecule has 3 aromatic rings. The largest absolute Gasteiger partial charge is 0.340 e. The second kappa shape index (κ2) is 6.98. The average molecular weight is 390 g/mol. The summed E-state index contributed by atoms with van der Waals surface area (Å²) in [5.41, 5.74) is 3.01. The highest BCUT2D eigenvalue weighted by Crippen LogP contribution is 2.23. The monoisotopic (exact) mass is 388 g/mol. The molecule has 116 valence electrons. The molecular formula is C17H14BrClN4. The van der Waals surface area contributed by atoms with Gasteiger partial charge in [-0.25, -0.2) is 4.98 Å². The first-order valence-corrected chi connectivity index (χ1v) is 8.16. The van der Waals surface area contributed by atoms with E-state index in [1.54, 1.807) is 6.20 Å². The Kier molecular flexibility index (Phi) is 4.79. The molecule has 4 nitrogen and oxygen atoms in total. The van der Waals surface area contributed by atoms with E-state index in [4.69, 9.17) is 11.6 Å². The first-order valence-electron chi connectivity index (χ1n) is 6.99. The molecule has 0 spiro atoms. The second-order valence-corrected chi connectivity index (χ2v) is 6.28.